The second kappa shape index (κ2) is 7.35. The third-order valence-corrected chi connectivity index (χ3v) is 5.22. The normalized spacial score (nSPS) is 28.4. The van der Waals surface area contributed by atoms with E-state index in [0.717, 1.165) is 25.0 Å². The van der Waals surface area contributed by atoms with Crippen LogP contribution in [0.5, 0.6) is 0 Å². The monoisotopic (exact) mass is 353 g/mol. The van der Waals surface area contributed by atoms with Gasteiger partial charge in [0.1, 0.15) is 0 Å². The van der Waals surface area contributed by atoms with Gasteiger partial charge in [0.2, 0.25) is 0 Å². The van der Waals surface area contributed by atoms with Crippen molar-refractivity contribution in [2.45, 2.75) is 56.4 Å². The lowest BCUT2D eigenvalue weighted by Crippen LogP contribution is -2.28. The molecular formula is C19H22F3NO2. The van der Waals surface area contributed by atoms with Gasteiger partial charge in [-0.05, 0) is 55.1 Å². The number of rotatable bonds is 5. The van der Waals surface area contributed by atoms with Gasteiger partial charge in [0.05, 0.1) is 18.1 Å². The second-order valence-electron chi connectivity index (χ2n) is 7.16. The molecule has 2 fully saturated rings. The quantitative estimate of drug-likeness (QED) is 0.849. The molecule has 136 valence electrons. The molecule has 25 heavy (non-hydrogen) atoms. The van der Waals surface area contributed by atoms with E-state index in [0.29, 0.717) is 12.3 Å². The first-order valence-corrected chi connectivity index (χ1v) is 8.74. The summed E-state index contributed by atoms with van der Waals surface area (Å²) >= 11 is 0. The summed E-state index contributed by atoms with van der Waals surface area (Å²) in [6, 6.07) is 8.15. The van der Waals surface area contributed by atoms with E-state index in [1.54, 1.807) is 12.1 Å². The van der Waals surface area contributed by atoms with Crippen LogP contribution in [0.25, 0.3) is 0 Å². The highest BCUT2D eigenvalue weighted by atomic mass is 19.4. The Hall–Kier alpha value is -1.58. The maximum absolute atomic E-state index is 12.6. The summed E-state index contributed by atoms with van der Waals surface area (Å²) in [5, 5.41) is 18.8. The molecule has 0 bridgehead atoms. The van der Waals surface area contributed by atoms with Crippen molar-refractivity contribution >= 4 is 0 Å². The number of halogens is 3. The standard InChI is InChI=1S/C19H22F3NO2/c20-19(21,22)18(24)14-5-3-13(4-6-14)17-8-7-16(9-15(17)10-23)25-11-12-1-2-12/h3-6,12,15-18,24H,1-2,7-9,11H2. The molecule has 0 amide bonds. The number of ether oxygens (including phenoxy) is 1. The van der Waals surface area contributed by atoms with E-state index in [1.807, 2.05) is 0 Å². The van der Waals surface area contributed by atoms with Gasteiger partial charge in [0.25, 0.3) is 0 Å². The molecule has 0 saturated heterocycles. The lowest BCUT2D eigenvalue weighted by molar-refractivity contribution is -0.206. The Morgan fingerprint density at radius 2 is 1.84 bits per heavy atom. The smallest absolute Gasteiger partial charge is 0.379 e. The van der Waals surface area contributed by atoms with Crippen LogP contribution in [0.1, 0.15) is 55.3 Å². The van der Waals surface area contributed by atoms with Crippen molar-refractivity contribution < 1.29 is 23.0 Å². The molecule has 4 unspecified atom stereocenters. The second-order valence-corrected chi connectivity index (χ2v) is 7.16. The maximum atomic E-state index is 12.6. The van der Waals surface area contributed by atoms with Gasteiger partial charge in [0.15, 0.2) is 6.10 Å². The Bertz CT molecular complexity index is 619. The van der Waals surface area contributed by atoms with Gasteiger partial charge in [0, 0.05) is 6.61 Å². The van der Waals surface area contributed by atoms with E-state index in [2.05, 4.69) is 6.07 Å². The van der Waals surface area contributed by atoms with Gasteiger partial charge in [-0.15, -0.1) is 0 Å². The Morgan fingerprint density at radius 3 is 2.40 bits per heavy atom. The molecule has 2 saturated carbocycles. The molecular weight excluding hydrogens is 331 g/mol. The minimum absolute atomic E-state index is 0.00264. The molecule has 0 heterocycles. The van der Waals surface area contributed by atoms with Gasteiger partial charge in [-0.1, -0.05) is 24.3 Å². The molecule has 4 atom stereocenters. The lowest BCUT2D eigenvalue weighted by Gasteiger charge is -2.33. The first kappa shape index (κ1) is 18.2. The minimum Gasteiger partial charge on any atom is -0.379 e. The molecule has 1 aromatic rings. The lowest BCUT2D eigenvalue weighted by atomic mass is 9.75. The van der Waals surface area contributed by atoms with Crippen molar-refractivity contribution in [3.8, 4) is 6.07 Å². The van der Waals surface area contributed by atoms with Crippen LogP contribution >= 0.6 is 0 Å². The molecule has 3 nitrogen and oxygen atoms in total. The molecule has 0 radical (unpaired) electrons. The molecule has 3 rings (SSSR count). The van der Waals surface area contributed by atoms with Crippen molar-refractivity contribution in [3.63, 3.8) is 0 Å². The zero-order valence-electron chi connectivity index (χ0n) is 13.9. The number of aliphatic hydroxyl groups excluding tert-OH is 1. The van der Waals surface area contributed by atoms with Crippen molar-refractivity contribution in [1.29, 1.82) is 5.26 Å². The van der Waals surface area contributed by atoms with E-state index in [-0.39, 0.29) is 23.5 Å². The predicted molar refractivity (Wildman–Crippen MR) is 85.6 cm³/mol. The Kier molecular flexibility index (Phi) is 5.35. The summed E-state index contributed by atoms with van der Waals surface area (Å²) in [6.45, 7) is 0.775. The van der Waals surface area contributed by atoms with Crippen molar-refractivity contribution in [3.05, 3.63) is 35.4 Å². The molecule has 2 aliphatic rings. The van der Waals surface area contributed by atoms with Crippen molar-refractivity contribution in [1.82, 2.24) is 0 Å². The average molecular weight is 353 g/mol. The highest BCUT2D eigenvalue weighted by Gasteiger charge is 2.39. The van der Waals surface area contributed by atoms with Gasteiger partial charge in [-0.25, -0.2) is 0 Å². The topological polar surface area (TPSA) is 53.2 Å². The van der Waals surface area contributed by atoms with E-state index >= 15 is 0 Å². The van der Waals surface area contributed by atoms with Crippen LogP contribution in [0.3, 0.4) is 0 Å². The van der Waals surface area contributed by atoms with Gasteiger partial charge in [-0.3, -0.25) is 0 Å². The number of nitrogens with zero attached hydrogens (tertiary/aromatic N) is 1. The summed E-state index contributed by atoms with van der Waals surface area (Å²) in [4.78, 5) is 0. The van der Waals surface area contributed by atoms with Crippen molar-refractivity contribution in [2.75, 3.05) is 6.61 Å². The third kappa shape index (κ3) is 4.53. The third-order valence-electron chi connectivity index (χ3n) is 5.22. The number of hydrogen-bond donors (Lipinski definition) is 1. The summed E-state index contributed by atoms with van der Waals surface area (Å²) in [5.41, 5.74) is 0.677. The van der Waals surface area contributed by atoms with Gasteiger partial charge < -0.3 is 9.84 Å². The highest BCUT2D eigenvalue weighted by Crippen LogP contribution is 2.40. The number of alkyl halides is 3. The van der Waals surface area contributed by atoms with Crippen LogP contribution in [-0.2, 0) is 4.74 Å². The SMILES string of the molecule is N#CC1CC(OCC2CC2)CCC1c1ccc(C(O)C(F)(F)F)cc1. The van der Waals surface area contributed by atoms with Gasteiger partial charge in [-0.2, -0.15) is 18.4 Å². The number of nitriles is 1. The molecule has 6 heteroatoms. The fraction of sp³-hybridized carbons (Fsp3) is 0.632. The molecule has 0 spiro atoms. The van der Waals surface area contributed by atoms with Crippen LogP contribution < -0.4 is 0 Å². The van der Waals surface area contributed by atoms with E-state index < -0.39 is 12.3 Å². The number of hydrogen-bond acceptors (Lipinski definition) is 3. The minimum atomic E-state index is -4.67. The maximum Gasteiger partial charge on any atom is 0.418 e. The largest absolute Gasteiger partial charge is 0.418 e. The van der Waals surface area contributed by atoms with Crippen LogP contribution in [0.4, 0.5) is 13.2 Å². The zero-order chi connectivity index (χ0) is 18.0. The molecule has 1 N–H and O–H groups in total. The zero-order valence-corrected chi connectivity index (χ0v) is 13.9. The number of aliphatic hydroxyl groups is 1. The molecule has 0 aromatic heterocycles. The summed E-state index contributed by atoms with van der Waals surface area (Å²) in [5.74, 6) is 0.491. The highest BCUT2D eigenvalue weighted by molar-refractivity contribution is 5.29. The van der Waals surface area contributed by atoms with E-state index in [1.165, 1.54) is 25.0 Å². The van der Waals surface area contributed by atoms with E-state index in [9.17, 15) is 23.5 Å². The Morgan fingerprint density at radius 1 is 1.16 bits per heavy atom. The van der Waals surface area contributed by atoms with Crippen LogP contribution in [-0.4, -0.2) is 24.0 Å². The summed E-state index contributed by atoms with van der Waals surface area (Å²) in [6.07, 6.45) is -2.26. The Labute approximate surface area is 145 Å². The molecule has 0 aliphatic heterocycles. The average Bonchev–Trinajstić information content (AvgIpc) is 3.43. The Balaban J connectivity index is 1.63. The summed E-state index contributed by atoms with van der Waals surface area (Å²) < 4.78 is 43.6. The first-order chi connectivity index (χ1) is 11.9. The van der Waals surface area contributed by atoms with Crippen LogP contribution in [0.15, 0.2) is 24.3 Å². The fourth-order valence-corrected chi connectivity index (χ4v) is 3.50. The first-order valence-electron chi connectivity index (χ1n) is 8.74. The molecule has 1 aromatic carbocycles. The summed E-state index contributed by atoms with van der Waals surface area (Å²) in [7, 11) is 0. The van der Waals surface area contributed by atoms with Gasteiger partial charge >= 0.3 is 6.18 Å². The number of benzene rings is 1. The molecule has 2 aliphatic carbocycles. The van der Waals surface area contributed by atoms with Crippen LogP contribution in [0.2, 0.25) is 0 Å². The van der Waals surface area contributed by atoms with E-state index in [4.69, 9.17) is 4.74 Å². The van der Waals surface area contributed by atoms with Crippen LogP contribution in [0, 0.1) is 23.2 Å². The predicted octanol–water partition coefficient (Wildman–Crippen LogP) is 4.48. The fourth-order valence-electron chi connectivity index (χ4n) is 3.50. The van der Waals surface area contributed by atoms with Crippen molar-refractivity contribution in [2.24, 2.45) is 11.8 Å².